The van der Waals surface area contributed by atoms with Crippen molar-refractivity contribution in [3.8, 4) is 5.75 Å². The van der Waals surface area contributed by atoms with E-state index in [9.17, 15) is 4.79 Å². The van der Waals surface area contributed by atoms with E-state index in [1.54, 1.807) is 0 Å². The van der Waals surface area contributed by atoms with Gasteiger partial charge in [-0.3, -0.25) is 4.79 Å². The smallest absolute Gasteiger partial charge is 0.306 e. The largest absolute Gasteiger partial charge is 0.489 e. The monoisotopic (exact) mass is 360 g/mol. The maximum absolute atomic E-state index is 12.1. The fourth-order valence-electron chi connectivity index (χ4n) is 3.15. The van der Waals surface area contributed by atoms with Gasteiger partial charge in [0.1, 0.15) is 12.4 Å². The molecule has 0 amide bonds. The van der Waals surface area contributed by atoms with Gasteiger partial charge in [0, 0.05) is 11.5 Å². The van der Waals surface area contributed by atoms with Gasteiger partial charge in [-0.1, -0.05) is 78.4 Å². The molecule has 3 aromatic rings. The van der Waals surface area contributed by atoms with Crippen molar-refractivity contribution in [3.05, 3.63) is 101 Å². The number of ether oxygens (including phenoxy) is 2. The van der Waals surface area contributed by atoms with Crippen LogP contribution in [0.5, 0.6) is 5.75 Å². The van der Waals surface area contributed by atoms with E-state index >= 15 is 0 Å². The lowest BCUT2D eigenvalue weighted by Crippen LogP contribution is -2.12. The third-order valence-electron chi connectivity index (χ3n) is 4.58. The van der Waals surface area contributed by atoms with E-state index < -0.39 is 0 Å². The third kappa shape index (κ3) is 4.98. The molecule has 0 heterocycles. The van der Waals surface area contributed by atoms with Crippen LogP contribution >= 0.6 is 0 Å². The standard InChI is InChI=1S/C24H24O3/c1-18-13-14-23(27-17-19-9-5-3-6-10-19)22(15-18)21(16-24(25)26-2)20-11-7-4-8-12-20/h3-15,21H,16-17H2,1-2H3. The van der Waals surface area contributed by atoms with Crippen molar-refractivity contribution in [2.75, 3.05) is 7.11 Å². The summed E-state index contributed by atoms with van der Waals surface area (Å²) in [6.45, 7) is 2.53. The molecule has 1 unspecified atom stereocenters. The first kappa shape index (κ1) is 18.7. The molecule has 3 aromatic carbocycles. The number of methoxy groups -OCH3 is 1. The normalized spacial score (nSPS) is 11.6. The molecule has 0 fully saturated rings. The van der Waals surface area contributed by atoms with Crippen LogP contribution in [-0.2, 0) is 16.1 Å². The van der Waals surface area contributed by atoms with Crippen molar-refractivity contribution in [2.24, 2.45) is 0 Å². The maximum atomic E-state index is 12.1. The Morgan fingerprint density at radius 3 is 2.26 bits per heavy atom. The van der Waals surface area contributed by atoms with Gasteiger partial charge in [-0.05, 0) is 24.1 Å². The van der Waals surface area contributed by atoms with Crippen LogP contribution in [0.2, 0.25) is 0 Å². The second-order valence-corrected chi connectivity index (χ2v) is 6.56. The van der Waals surface area contributed by atoms with Gasteiger partial charge in [0.05, 0.1) is 13.5 Å². The van der Waals surface area contributed by atoms with Crippen LogP contribution in [0.3, 0.4) is 0 Å². The van der Waals surface area contributed by atoms with E-state index in [0.717, 1.165) is 28.0 Å². The second kappa shape index (κ2) is 9.04. The minimum absolute atomic E-state index is 0.121. The lowest BCUT2D eigenvalue weighted by molar-refractivity contribution is -0.140. The van der Waals surface area contributed by atoms with Crippen LogP contribution in [0, 0.1) is 6.92 Å². The van der Waals surface area contributed by atoms with Gasteiger partial charge >= 0.3 is 5.97 Å². The predicted octanol–water partition coefficient (Wildman–Crippen LogP) is 5.27. The van der Waals surface area contributed by atoms with Crippen LogP contribution in [0.25, 0.3) is 0 Å². The quantitative estimate of drug-likeness (QED) is 0.539. The molecular formula is C24H24O3. The number of hydrogen-bond acceptors (Lipinski definition) is 3. The van der Waals surface area contributed by atoms with Crippen molar-refractivity contribution < 1.29 is 14.3 Å². The molecule has 0 aliphatic carbocycles. The Bertz CT molecular complexity index is 873. The first-order valence-corrected chi connectivity index (χ1v) is 9.06. The lowest BCUT2D eigenvalue weighted by Gasteiger charge is -2.21. The predicted molar refractivity (Wildman–Crippen MR) is 107 cm³/mol. The van der Waals surface area contributed by atoms with Crippen LogP contribution in [0.1, 0.15) is 34.6 Å². The number of benzene rings is 3. The second-order valence-electron chi connectivity index (χ2n) is 6.56. The van der Waals surface area contributed by atoms with Crippen LogP contribution in [0.4, 0.5) is 0 Å². The molecule has 1 atom stereocenters. The molecule has 3 rings (SSSR count). The van der Waals surface area contributed by atoms with Crippen molar-refractivity contribution in [1.82, 2.24) is 0 Å². The molecule has 0 aliphatic heterocycles. The summed E-state index contributed by atoms with van der Waals surface area (Å²) in [5.41, 5.74) is 4.30. The molecule has 27 heavy (non-hydrogen) atoms. The highest BCUT2D eigenvalue weighted by Crippen LogP contribution is 2.35. The molecule has 0 bridgehead atoms. The zero-order valence-electron chi connectivity index (χ0n) is 15.7. The van der Waals surface area contributed by atoms with E-state index in [1.807, 2.05) is 79.7 Å². The fourth-order valence-corrected chi connectivity index (χ4v) is 3.15. The zero-order valence-corrected chi connectivity index (χ0v) is 15.7. The van der Waals surface area contributed by atoms with Crippen molar-refractivity contribution >= 4 is 5.97 Å². The number of hydrogen-bond donors (Lipinski definition) is 0. The number of rotatable bonds is 7. The molecule has 3 heteroatoms. The van der Waals surface area contributed by atoms with Gasteiger partial charge < -0.3 is 9.47 Å². The molecule has 0 saturated carbocycles. The molecular weight excluding hydrogens is 336 g/mol. The average molecular weight is 360 g/mol. The zero-order chi connectivity index (χ0) is 19.1. The molecule has 0 radical (unpaired) electrons. The van der Waals surface area contributed by atoms with Crippen LogP contribution in [-0.4, -0.2) is 13.1 Å². The molecule has 0 N–H and O–H groups in total. The number of esters is 1. The van der Waals surface area contributed by atoms with Gasteiger partial charge in [0.25, 0.3) is 0 Å². The van der Waals surface area contributed by atoms with Gasteiger partial charge in [-0.2, -0.15) is 0 Å². The lowest BCUT2D eigenvalue weighted by atomic mass is 9.87. The topological polar surface area (TPSA) is 35.5 Å². The molecule has 3 nitrogen and oxygen atoms in total. The SMILES string of the molecule is COC(=O)CC(c1ccccc1)c1cc(C)ccc1OCc1ccccc1. The molecule has 138 valence electrons. The van der Waals surface area contributed by atoms with E-state index in [4.69, 9.17) is 9.47 Å². The molecule has 0 aromatic heterocycles. The Morgan fingerprint density at radius 1 is 0.926 bits per heavy atom. The number of carbonyl (C=O) groups excluding carboxylic acids is 1. The molecule has 0 spiro atoms. The Balaban J connectivity index is 1.95. The highest BCUT2D eigenvalue weighted by atomic mass is 16.5. The Kier molecular flexibility index (Phi) is 6.26. The van der Waals surface area contributed by atoms with Crippen LogP contribution in [0.15, 0.2) is 78.9 Å². The minimum Gasteiger partial charge on any atom is -0.489 e. The summed E-state index contributed by atoms with van der Waals surface area (Å²) in [6, 6.07) is 26.2. The van der Waals surface area contributed by atoms with Gasteiger partial charge in [0.2, 0.25) is 0 Å². The Hall–Kier alpha value is -3.07. The Labute approximate surface area is 160 Å². The molecule has 0 saturated heterocycles. The van der Waals surface area contributed by atoms with Gasteiger partial charge in [0.15, 0.2) is 0 Å². The van der Waals surface area contributed by atoms with Gasteiger partial charge in [-0.25, -0.2) is 0 Å². The summed E-state index contributed by atoms with van der Waals surface area (Å²) in [7, 11) is 1.42. The number of carbonyl (C=O) groups is 1. The summed E-state index contributed by atoms with van der Waals surface area (Å²) in [6.07, 6.45) is 0.270. The maximum Gasteiger partial charge on any atom is 0.306 e. The van der Waals surface area contributed by atoms with Crippen molar-refractivity contribution in [2.45, 2.75) is 25.9 Å². The Morgan fingerprint density at radius 2 is 1.59 bits per heavy atom. The summed E-state index contributed by atoms with van der Waals surface area (Å²) < 4.78 is 11.1. The van der Waals surface area contributed by atoms with Crippen molar-refractivity contribution in [3.63, 3.8) is 0 Å². The van der Waals surface area contributed by atoms with E-state index in [2.05, 4.69) is 6.07 Å². The minimum atomic E-state index is -0.237. The first-order valence-electron chi connectivity index (χ1n) is 9.06. The number of aryl methyl sites for hydroxylation is 1. The summed E-state index contributed by atoms with van der Waals surface area (Å²) in [4.78, 5) is 12.1. The first-order chi connectivity index (χ1) is 13.2. The van der Waals surface area contributed by atoms with E-state index in [1.165, 1.54) is 7.11 Å². The third-order valence-corrected chi connectivity index (χ3v) is 4.58. The molecule has 0 aliphatic rings. The van der Waals surface area contributed by atoms with Crippen LogP contribution < -0.4 is 4.74 Å². The van der Waals surface area contributed by atoms with Crippen molar-refractivity contribution in [1.29, 1.82) is 0 Å². The summed E-state index contributed by atoms with van der Waals surface area (Å²) >= 11 is 0. The average Bonchev–Trinajstić information content (AvgIpc) is 2.72. The van der Waals surface area contributed by atoms with Gasteiger partial charge in [-0.15, -0.1) is 0 Å². The highest BCUT2D eigenvalue weighted by Gasteiger charge is 2.22. The summed E-state index contributed by atoms with van der Waals surface area (Å²) in [5, 5.41) is 0. The van der Waals surface area contributed by atoms with E-state index in [0.29, 0.717) is 6.61 Å². The highest BCUT2D eigenvalue weighted by molar-refractivity contribution is 5.71. The van der Waals surface area contributed by atoms with E-state index in [-0.39, 0.29) is 18.3 Å². The summed E-state index contributed by atoms with van der Waals surface area (Å²) in [5.74, 6) is 0.436. The fraction of sp³-hybridized carbons (Fsp3) is 0.208.